The van der Waals surface area contributed by atoms with Gasteiger partial charge in [0.2, 0.25) is 0 Å². The van der Waals surface area contributed by atoms with Crippen molar-refractivity contribution < 1.29 is 14.9 Å². The molecular formula is C6H12O3. The van der Waals surface area contributed by atoms with Gasteiger partial charge in [-0.1, -0.05) is 20.3 Å². The zero-order chi connectivity index (χ0) is 7.28. The standard InChI is InChI=1S/C6H12O3/c1-3-5(2)4-6(7)9-8/h5,8H,3-4H2,1-2H3. The third-order valence-electron chi connectivity index (χ3n) is 1.31. The van der Waals surface area contributed by atoms with Crippen molar-refractivity contribution in [1.82, 2.24) is 0 Å². The van der Waals surface area contributed by atoms with Crippen molar-refractivity contribution in [3.8, 4) is 0 Å². The summed E-state index contributed by atoms with van der Waals surface area (Å²) in [7, 11) is 0. The van der Waals surface area contributed by atoms with Gasteiger partial charge in [-0.3, -0.25) is 0 Å². The van der Waals surface area contributed by atoms with Gasteiger partial charge in [0.15, 0.2) is 0 Å². The van der Waals surface area contributed by atoms with E-state index >= 15 is 0 Å². The summed E-state index contributed by atoms with van der Waals surface area (Å²) in [5.74, 6) is -0.256. The largest absolute Gasteiger partial charge is 0.342 e. The van der Waals surface area contributed by atoms with Gasteiger partial charge in [0.1, 0.15) is 0 Å². The summed E-state index contributed by atoms with van der Waals surface area (Å²) in [6.07, 6.45) is 1.22. The van der Waals surface area contributed by atoms with Gasteiger partial charge in [0.25, 0.3) is 0 Å². The summed E-state index contributed by atoms with van der Waals surface area (Å²) in [5.41, 5.74) is 0. The molecule has 0 aromatic carbocycles. The van der Waals surface area contributed by atoms with Crippen LogP contribution >= 0.6 is 0 Å². The monoisotopic (exact) mass is 132 g/mol. The van der Waals surface area contributed by atoms with Crippen molar-refractivity contribution in [3.05, 3.63) is 0 Å². The van der Waals surface area contributed by atoms with E-state index in [-0.39, 0.29) is 0 Å². The van der Waals surface area contributed by atoms with Crippen LogP contribution in [0.2, 0.25) is 0 Å². The highest BCUT2D eigenvalue weighted by molar-refractivity contribution is 5.68. The van der Waals surface area contributed by atoms with Gasteiger partial charge in [-0.2, -0.15) is 5.26 Å². The van der Waals surface area contributed by atoms with Crippen LogP contribution in [0.4, 0.5) is 0 Å². The molecule has 0 amide bonds. The summed E-state index contributed by atoms with van der Waals surface area (Å²) in [5, 5.41) is 7.83. The van der Waals surface area contributed by atoms with Crippen LogP contribution in [0.5, 0.6) is 0 Å². The molecule has 0 heterocycles. The fourth-order valence-corrected chi connectivity index (χ4v) is 0.466. The molecule has 9 heavy (non-hydrogen) atoms. The number of carbonyl (C=O) groups excluding carboxylic acids is 1. The zero-order valence-electron chi connectivity index (χ0n) is 5.76. The molecule has 3 nitrogen and oxygen atoms in total. The van der Waals surface area contributed by atoms with E-state index < -0.39 is 5.97 Å². The van der Waals surface area contributed by atoms with Gasteiger partial charge in [-0.05, 0) is 5.92 Å². The molecule has 1 N–H and O–H groups in total. The van der Waals surface area contributed by atoms with Gasteiger partial charge < -0.3 is 4.89 Å². The fraction of sp³-hybridized carbons (Fsp3) is 0.833. The van der Waals surface area contributed by atoms with E-state index in [9.17, 15) is 4.79 Å². The Bertz CT molecular complexity index is 90.3. The second-order valence-electron chi connectivity index (χ2n) is 2.18. The van der Waals surface area contributed by atoms with Crippen molar-refractivity contribution in [1.29, 1.82) is 0 Å². The van der Waals surface area contributed by atoms with E-state index in [1.165, 1.54) is 0 Å². The molecule has 0 fully saturated rings. The van der Waals surface area contributed by atoms with Crippen LogP contribution in [0.3, 0.4) is 0 Å². The molecule has 0 aromatic heterocycles. The lowest BCUT2D eigenvalue weighted by atomic mass is 10.1. The molecule has 0 spiro atoms. The topological polar surface area (TPSA) is 46.5 Å². The molecule has 0 saturated carbocycles. The average molecular weight is 132 g/mol. The number of hydrogen-bond donors (Lipinski definition) is 1. The molecule has 0 aliphatic carbocycles. The van der Waals surface area contributed by atoms with E-state index in [0.717, 1.165) is 6.42 Å². The molecule has 1 atom stereocenters. The van der Waals surface area contributed by atoms with E-state index in [1.54, 1.807) is 0 Å². The summed E-state index contributed by atoms with van der Waals surface area (Å²) >= 11 is 0. The quantitative estimate of drug-likeness (QED) is 0.467. The second-order valence-corrected chi connectivity index (χ2v) is 2.18. The van der Waals surface area contributed by atoms with Gasteiger partial charge in [-0.15, -0.1) is 0 Å². The first-order chi connectivity index (χ1) is 4.20. The van der Waals surface area contributed by atoms with Gasteiger partial charge in [0.05, 0.1) is 6.42 Å². The molecule has 0 aliphatic rings. The lowest BCUT2D eigenvalue weighted by Crippen LogP contribution is -2.06. The van der Waals surface area contributed by atoms with Crippen LogP contribution in [-0.2, 0) is 9.68 Å². The van der Waals surface area contributed by atoms with E-state index in [1.807, 2.05) is 13.8 Å². The third-order valence-corrected chi connectivity index (χ3v) is 1.31. The summed E-state index contributed by atoms with van der Waals surface area (Å²) in [6.45, 7) is 3.91. The van der Waals surface area contributed by atoms with Crippen LogP contribution in [0, 0.1) is 5.92 Å². The average Bonchev–Trinajstić information content (AvgIpc) is 1.87. The molecule has 0 rings (SSSR count). The Morgan fingerprint density at radius 2 is 2.33 bits per heavy atom. The van der Waals surface area contributed by atoms with Crippen molar-refractivity contribution in [2.45, 2.75) is 26.7 Å². The third kappa shape index (κ3) is 3.97. The highest BCUT2D eigenvalue weighted by Gasteiger charge is 2.06. The van der Waals surface area contributed by atoms with Crippen molar-refractivity contribution in [2.24, 2.45) is 5.92 Å². The first-order valence-corrected chi connectivity index (χ1v) is 3.05. The van der Waals surface area contributed by atoms with Crippen LogP contribution in [0.15, 0.2) is 0 Å². The second kappa shape index (κ2) is 4.32. The van der Waals surface area contributed by atoms with Crippen LogP contribution in [0.25, 0.3) is 0 Å². The van der Waals surface area contributed by atoms with Gasteiger partial charge >= 0.3 is 5.97 Å². The van der Waals surface area contributed by atoms with Crippen LogP contribution in [-0.4, -0.2) is 11.2 Å². The molecular weight excluding hydrogens is 120 g/mol. The van der Waals surface area contributed by atoms with Gasteiger partial charge in [0, 0.05) is 0 Å². The Kier molecular flexibility index (Phi) is 4.05. The maximum atomic E-state index is 10.3. The lowest BCUT2D eigenvalue weighted by molar-refractivity contribution is -0.235. The molecule has 3 heteroatoms. The Morgan fingerprint density at radius 1 is 1.78 bits per heavy atom. The minimum atomic E-state index is -0.552. The minimum Gasteiger partial charge on any atom is -0.301 e. The van der Waals surface area contributed by atoms with Crippen molar-refractivity contribution in [2.75, 3.05) is 0 Å². The van der Waals surface area contributed by atoms with E-state index in [0.29, 0.717) is 12.3 Å². The Morgan fingerprint density at radius 3 is 2.67 bits per heavy atom. The van der Waals surface area contributed by atoms with Crippen LogP contribution in [0.1, 0.15) is 26.7 Å². The molecule has 54 valence electrons. The number of rotatable bonds is 3. The molecule has 0 aromatic rings. The van der Waals surface area contributed by atoms with Crippen molar-refractivity contribution >= 4 is 5.97 Å². The molecule has 0 radical (unpaired) electrons. The van der Waals surface area contributed by atoms with Gasteiger partial charge in [-0.25, -0.2) is 4.79 Å². The molecule has 0 aliphatic heterocycles. The fourth-order valence-electron chi connectivity index (χ4n) is 0.466. The number of carbonyl (C=O) groups is 1. The van der Waals surface area contributed by atoms with Crippen LogP contribution < -0.4 is 0 Å². The summed E-state index contributed by atoms with van der Waals surface area (Å²) in [4.78, 5) is 13.8. The first-order valence-electron chi connectivity index (χ1n) is 3.05. The number of hydrogen-bond acceptors (Lipinski definition) is 3. The Labute approximate surface area is 54.6 Å². The van der Waals surface area contributed by atoms with Crippen molar-refractivity contribution in [3.63, 3.8) is 0 Å². The van der Waals surface area contributed by atoms with E-state index in [2.05, 4.69) is 4.89 Å². The lowest BCUT2D eigenvalue weighted by Gasteiger charge is -2.02. The maximum absolute atomic E-state index is 10.3. The highest BCUT2D eigenvalue weighted by Crippen LogP contribution is 2.05. The SMILES string of the molecule is CCC(C)CC(=O)OO. The maximum Gasteiger partial charge on any atom is 0.342 e. The minimum absolute atomic E-state index is 0.296. The molecule has 0 bridgehead atoms. The highest BCUT2D eigenvalue weighted by atomic mass is 17.1. The summed E-state index contributed by atoms with van der Waals surface area (Å²) in [6, 6.07) is 0. The molecule has 0 saturated heterocycles. The Balaban J connectivity index is 3.34. The first kappa shape index (κ1) is 8.43. The van der Waals surface area contributed by atoms with E-state index in [4.69, 9.17) is 5.26 Å². The smallest absolute Gasteiger partial charge is 0.301 e. The zero-order valence-corrected chi connectivity index (χ0v) is 5.76. The molecule has 1 unspecified atom stereocenters. The normalized spacial score (nSPS) is 12.8. The summed E-state index contributed by atoms with van der Waals surface area (Å²) < 4.78 is 0. The predicted molar refractivity (Wildman–Crippen MR) is 32.8 cm³/mol. The predicted octanol–water partition coefficient (Wildman–Crippen LogP) is 1.44. The Hall–Kier alpha value is -0.570.